The van der Waals surface area contributed by atoms with Crippen molar-refractivity contribution in [2.45, 2.75) is 0 Å². The number of benzene rings is 2. The van der Waals surface area contributed by atoms with Crippen LogP contribution < -0.4 is 14.4 Å². The van der Waals surface area contributed by atoms with Crippen LogP contribution >= 0.6 is 0 Å². The fourth-order valence-electron chi connectivity index (χ4n) is 3.05. The molecule has 0 unspecified atom stereocenters. The van der Waals surface area contributed by atoms with E-state index < -0.39 is 5.82 Å². The minimum atomic E-state index is -0.529. The normalized spacial score (nSPS) is 13.8. The van der Waals surface area contributed by atoms with Crippen molar-refractivity contribution < 1.29 is 18.7 Å². The number of nitriles is 1. The van der Waals surface area contributed by atoms with E-state index in [-0.39, 0.29) is 18.1 Å². The molecule has 1 aliphatic rings. The number of carbonyl (C=O) groups excluding carboxylic acids is 1. The molecule has 27 heavy (non-hydrogen) atoms. The predicted molar refractivity (Wildman–Crippen MR) is 98.4 cm³/mol. The number of anilines is 1. The van der Waals surface area contributed by atoms with Crippen LogP contribution in [0.4, 0.5) is 10.1 Å². The highest BCUT2D eigenvalue weighted by Gasteiger charge is 2.24. The molecule has 0 spiro atoms. The van der Waals surface area contributed by atoms with Crippen LogP contribution in [0.3, 0.4) is 0 Å². The number of halogens is 1. The molecule has 140 valence electrons. The van der Waals surface area contributed by atoms with Crippen molar-refractivity contribution >= 4 is 11.6 Å². The first-order valence-corrected chi connectivity index (χ1v) is 8.61. The molecule has 0 N–H and O–H groups in total. The predicted octanol–water partition coefficient (Wildman–Crippen LogP) is 2.43. The summed E-state index contributed by atoms with van der Waals surface area (Å²) in [5, 5.41) is 9.18. The summed E-state index contributed by atoms with van der Waals surface area (Å²) >= 11 is 0. The third-order valence-corrected chi connectivity index (χ3v) is 4.50. The first kappa shape index (κ1) is 18.5. The van der Waals surface area contributed by atoms with E-state index in [1.165, 1.54) is 6.07 Å². The lowest BCUT2D eigenvalue weighted by molar-refractivity contribution is -0.133. The molecule has 1 heterocycles. The Bertz CT molecular complexity index is 858. The third kappa shape index (κ3) is 4.11. The van der Waals surface area contributed by atoms with Crippen molar-refractivity contribution in [1.29, 1.82) is 5.26 Å². The highest BCUT2D eigenvalue weighted by molar-refractivity contribution is 5.78. The first-order chi connectivity index (χ1) is 13.1. The van der Waals surface area contributed by atoms with Gasteiger partial charge in [-0.1, -0.05) is 18.2 Å². The number of nitrogens with zero attached hydrogens (tertiary/aromatic N) is 3. The molecule has 1 saturated heterocycles. The van der Waals surface area contributed by atoms with E-state index >= 15 is 0 Å². The lowest BCUT2D eigenvalue weighted by atomic mass is 10.1. The van der Waals surface area contributed by atoms with Gasteiger partial charge in [-0.15, -0.1) is 0 Å². The van der Waals surface area contributed by atoms with E-state index in [1.807, 2.05) is 23.1 Å². The van der Waals surface area contributed by atoms with Gasteiger partial charge in [0, 0.05) is 26.2 Å². The van der Waals surface area contributed by atoms with E-state index in [1.54, 1.807) is 36.3 Å². The monoisotopic (exact) mass is 369 g/mol. The number of carbonyl (C=O) groups is 1. The number of hydrogen-bond acceptors (Lipinski definition) is 5. The van der Waals surface area contributed by atoms with Crippen molar-refractivity contribution in [2.75, 3.05) is 44.8 Å². The van der Waals surface area contributed by atoms with Gasteiger partial charge in [-0.2, -0.15) is 5.26 Å². The fraction of sp³-hybridized carbons (Fsp3) is 0.300. The Hall–Kier alpha value is -3.27. The topological polar surface area (TPSA) is 65.8 Å². The quantitative estimate of drug-likeness (QED) is 0.810. The van der Waals surface area contributed by atoms with Crippen molar-refractivity contribution in [1.82, 2.24) is 4.90 Å². The molecule has 0 aliphatic carbocycles. The number of ether oxygens (including phenoxy) is 2. The van der Waals surface area contributed by atoms with Crippen molar-refractivity contribution in [2.24, 2.45) is 0 Å². The van der Waals surface area contributed by atoms with Gasteiger partial charge in [0.1, 0.15) is 17.4 Å². The molecule has 1 aliphatic heterocycles. The van der Waals surface area contributed by atoms with Gasteiger partial charge >= 0.3 is 0 Å². The second kappa shape index (κ2) is 8.41. The molecule has 2 aromatic rings. The lowest BCUT2D eigenvalue weighted by Crippen LogP contribution is -2.50. The maximum Gasteiger partial charge on any atom is 0.260 e. The van der Waals surface area contributed by atoms with Gasteiger partial charge in [-0.3, -0.25) is 4.79 Å². The summed E-state index contributed by atoms with van der Waals surface area (Å²) in [5.74, 6) is 0.440. The summed E-state index contributed by atoms with van der Waals surface area (Å²) in [5.41, 5.74) is 0.603. The van der Waals surface area contributed by atoms with Gasteiger partial charge in [-0.25, -0.2) is 4.39 Å². The maximum absolute atomic E-state index is 13.8. The smallest absolute Gasteiger partial charge is 0.260 e. The van der Waals surface area contributed by atoms with E-state index in [9.17, 15) is 14.4 Å². The molecule has 0 saturated carbocycles. The molecule has 0 aromatic heterocycles. The van der Waals surface area contributed by atoms with Crippen LogP contribution in [0.2, 0.25) is 0 Å². The van der Waals surface area contributed by atoms with Crippen LogP contribution in [0.15, 0.2) is 42.5 Å². The summed E-state index contributed by atoms with van der Waals surface area (Å²) < 4.78 is 24.6. The molecule has 1 fully saturated rings. The Morgan fingerprint density at radius 1 is 1.11 bits per heavy atom. The minimum Gasteiger partial charge on any atom is -0.493 e. The average Bonchev–Trinajstić information content (AvgIpc) is 2.72. The van der Waals surface area contributed by atoms with Crippen LogP contribution in [0, 0.1) is 17.1 Å². The molecule has 2 aromatic carbocycles. The van der Waals surface area contributed by atoms with Crippen LogP contribution in [0.25, 0.3) is 0 Å². The molecule has 1 amide bonds. The second-order valence-electron chi connectivity index (χ2n) is 6.05. The SMILES string of the molecule is COc1ccccc1OCC(=O)N1CCN(c2cccc(F)c2C#N)CC1. The number of methoxy groups -OCH3 is 1. The molecule has 3 rings (SSSR count). The number of hydrogen-bond donors (Lipinski definition) is 0. The molecular formula is C20H20FN3O3. The van der Waals surface area contributed by atoms with Crippen LogP contribution in [-0.2, 0) is 4.79 Å². The zero-order chi connectivity index (χ0) is 19.2. The summed E-state index contributed by atoms with van der Waals surface area (Å²) in [6, 6.07) is 13.7. The average molecular weight is 369 g/mol. The van der Waals surface area contributed by atoms with Gasteiger partial charge in [0.25, 0.3) is 5.91 Å². The number of para-hydroxylation sites is 2. The Balaban J connectivity index is 1.57. The highest BCUT2D eigenvalue weighted by Crippen LogP contribution is 2.26. The van der Waals surface area contributed by atoms with Crippen molar-refractivity contribution in [3.05, 3.63) is 53.8 Å². The third-order valence-electron chi connectivity index (χ3n) is 4.50. The molecule has 0 radical (unpaired) electrons. The van der Waals surface area contributed by atoms with Crippen molar-refractivity contribution in [3.8, 4) is 17.6 Å². The first-order valence-electron chi connectivity index (χ1n) is 8.61. The minimum absolute atomic E-state index is 0.0387. The van der Waals surface area contributed by atoms with Gasteiger partial charge in [0.15, 0.2) is 18.1 Å². The van der Waals surface area contributed by atoms with Crippen LogP contribution in [-0.4, -0.2) is 50.7 Å². The van der Waals surface area contributed by atoms with Gasteiger partial charge in [-0.05, 0) is 24.3 Å². The Kier molecular flexibility index (Phi) is 5.77. The van der Waals surface area contributed by atoms with Gasteiger partial charge < -0.3 is 19.3 Å². The zero-order valence-electron chi connectivity index (χ0n) is 15.0. The van der Waals surface area contributed by atoms with E-state index in [2.05, 4.69) is 0 Å². The van der Waals surface area contributed by atoms with E-state index in [0.29, 0.717) is 43.4 Å². The Morgan fingerprint density at radius 3 is 2.48 bits per heavy atom. The van der Waals surface area contributed by atoms with E-state index in [4.69, 9.17) is 9.47 Å². The summed E-state index contributed by atoms with van der Waals surface area (Å²) in [7, 11) is 1.55. The second-order valence-corrected chi connectivity index (χ2v) is 6.05. The van der Waals surface area contributed by atoms with Crippen LogP contribution in [0.1, 0.15) is 5.56 Å². The molecule has 0 bridgehead atoms. The summed E-state index contributed by atoms with van der Waals surface area (Å²) in [4.78, 5) is 16.0. The van der Waals surface area contributed by atoms with Gasteiger partial charge in [0.2, 0.25) is 0 Å². The standard InChI is InChI=1S/C20H20FN3O3/c1-26-18-7-2-3-8-19(18)27-14-20(25)24-11-9-23(10-12-24)17-6-4-5-16(21)15(17)13-22/h2-8H,9-12,14H2,1H3. The molecule has 7 heteroatoms. The largest absolute Gasteiger partial charge is 0.493 e. The van der Waals surface area contributed by atoms with Crippen LogP contribution in [0.5, 0.6) is 11.5 Å². The zero-order valence-corrected chi connectivity index (χ0v) is 15.0. The van der Waals surface area contributed by atoms with Crippen molar-refractivity contribution in [3.63, 3.8) is 0 Å². The number of piperazine rings is 1. The lowest BCUT2D eigenvalue weighted by Gasteiger charge is -2.36. The maximum atomic E-state index is 13.8. The fourth-order valence-corrected chi connectivity index (χ4v) is 3.05. The molecular weight excluding hydrogens is 349 g/mol. The molecule has 0 atom stereocenters. The number of rotatable bonds is 5. The summed E-state index contributed by atoms with van der Waals surface area (Å²) in [6.45, 7) is 1.94. The van der Waals surface area contributed by atoms with E-state index in [0.717, 1.165) is 0 Å². The number of amides is 1. The Labute approximate surface area is 157 Å². The summed E-state index contributed by atoms with van der Waals surface area (Å²) in [6.07, 6.45) is 0. The molecule has 6 nitrogen and oxygen atoms in total. The Morgan fingerprint density at radius 2 is 1.81 bits per heavy atom. The van der Waals surface area contributed by atoms with Gasteiger partial charge in [0.05, 0.1) is 12.8 Å². The highest BCUT2D eigenvalue weighted by atomic mass is 19.1.